The van der Waals surface area contributed by atoms with Gasteiger partial charge in [0.2, 0.25) is 0 Å². The summed E-state index contributed by atoms with van der Waals surface area (Å²) >= 11 is 0. The Bertz CT molecular complexity index is 333. The average Bonchev–Trinajstić information content (AvgIpc) is 2.65. The third-order valence-electron chi connectivity index (χ3n) is 3.05. The normalized spacial score (nSPS) is 20.8. The Labute approximate surface area is 102 Å². The highest BCUT2D eigenvalue weighted by Crippen LogP contribution is 2.19. The fraction of sp³-hybridized carbons (Fsp3) is 0.500. The second kappa shape index (κ2) is 6.18. The van der Waals surface area contributed by atoms with E-state index in [1.807, 2.05) is 6.07 Å². The predicted molar refractivity (Wildman–Crippen MR) is 66.1 cm³/mol. The third kappa shape index (κ3) is 3.17. The molecule has 2 N–H and O–H groups in total. The molecule has 1 aliphatic heterocycles. The van der Waals surface area contributed by atoms with Crippen LogP contribution in [-0.4, -0.2) is 24.0 Å². The standard InChI is InChI=1S/C12H17FN2.ClH/c13-11-4-1-3-10(7-11)9-15-6-2-5-12(15)8-14;/h1,3-4,7,12H,2,5-6,8-9,14H2;1H. The minimum Gasteiger partial charge on any atom is -0.329 e. The van der Waals surface area contributed by atoms with Gasteiger partial charge in [0.1, 0.15) is 5.82 Å². The highest BCUT2D eigenvalue weighted by atomic mass is 35.5. The molecule has 2 rings (SSSR count). The van der Waals surface area contributed by atoms with Crippen LogP contribution >= 0.6 is 12.4 Å². The molecule has 2 nitrogen and oxygen atoms in total. The highest BCUT2D eigenvalue weighted by Gasteiger charge is 2.22. The van der Waals surface area contributed by atoms with Crippen LogP contribution in [0.15, 0.2) is 24.3 Å². The van der Waals surface area contributed by atoms with Crippen molar-refractivity contribution in [1.29, 1.82) is 0 Å². The topological polar surface area (TPSA) is 29.3 Å². The summed E-state index contributed by atoms with van der Waals surface area (Å²) in [6.07, 6.45) is 2.38. The zero-order valence-corrected chi connectivity index (χ0v) is 10.0. The van der Waals surface area contributed by atoms with E-state index in [1.54, 1.807) is 12.1 Å². The highest BCUT2D eigenvalue weighted by molar-refractivity contribution is 5.85. The van der Waals surface area contributed by atoms with Crippen LogP contribution in [0.4, 0.5) is 4.39 Å². The van der Waals surface area contributed by atoms with Crippen molar-refractivity contribution in [2.75, 3.05) is 13.1 Å². The zero-order chi connectivity index (χ0) is 10.7. The molecule has 0 aromatic heterocycles. The van der Waals surface area contributed by atoms with Crippen molar-refractivity contribution in [3.63, 3.8) is 0 Å². The van der Waals surface area contributed by atoms with Crippen LogP contribution in [0, 0.1) is 5.82 Å². The van der Waals surface area contributed by atoms with E-state index in [0.717, 1.165) is 18.7 Å². The Morgan fingerprint density at radius 3 is 2.94 bits per heavy atom. The van der Waals surface area contributed by atoms with Crippen molar-refractivity contribution in [3.8, 4) is 0 Å². The molecule has 1 aromatic carbocycles. The number of hydrogen-bond acceptors (Lipinski definition) is 2. The van der Waals surface area contributed by atoms with Crippen LogP contribution in [0.3, 0.4) is 0 Å². The Hall–Kier alpha value is -0.640. The van der Waals surface area contributed by atoms with Crippen LogP contribution in [-0.2, 0) is 6.54 Å². The first kappa shape index (κ1) is 13.4. The first-order valence-corrected chi connectivity index (χ1v) is 5.48. The molecule has 90 valence electrons. The lowest BCUT2D eigenvalue weighted by atomic mass is 10.2. The van der Waals surface area contributed by atoms with Gasteiger partial charge in [-0.2, -0.15) is 0 Å². The average molecular weight is 245 g/mol. The van der Waals surface area contributed by atoms with Crippen LogP contribution in [0.2, 0.25) is 0 Å². The molecule has 1 heterocycles. The molecule has 0 amide bonds. The maximum Gasteiger partial charge on any atom is 0.123 e. The fourth-order valence-electron chi connectivity index (χ4n) is 2.24. The van der Waals surface area contributed by atoms with Gasteiger partial charge in [-0.3, -0.25) is 4.90 Å². The molecule has 0 aliphatic carbocycles. The fourth-order valence-corrected chi connectivity index (χ4v) is 2.24. The Morgan fingerprint density at radius 1 is 1.44 bits per heavy atom. The van der Waals surface area contributed by atoms with Gasteiger partial charge in [0.25, 0.3) is 0 Å². The second-order valence-corrected chi connectivity index (χ2v) is 4.13. The Balaban J connectivity index is 0.00000128. The quantitative estimate of drug-likeness (QED) is 0.883. The Kier molecular flexibility index (Phi) is 5.19. The number of hydrogen-bond donors (Lipinski definition) is 1. The number of nitrogens with zero attached hydrogens (tertiary/aromatic N) is 1. The van der Waals surface area contributed by atoms with E-state index in [-0.39, 0.29) is 18.2 Å². The summed E-state index contributed by atoms with van der Waals surface area (Å²) in [4.78, 5) is 2.34. The lowest BCUT2D eigenvalue weighted by Gasteiger charge is -2.22. The molecule has 1 aliphatic rings. The maximum absolute atomic E-state index is 13.0. The van der Waals surface area contributed by atoms with Crippen molar-refractivity contribution < 1.29 is 4.39 Å². The number of likely N-dealkylation sites (tertiary alicyclic amines) is 1. The van der Waals surface area contributed by atoms with E-state index in [9.17, 15) is 4.39 Å². The van der Waals surface area contributed by atoms with Crippen LogP contribution in [0.25, 0.3) is 0 Å². The molecule has 0 radical (unpaired) electrons. The van der Waals surface area contributed by atoms with Gasteiger partial charge < -0.3 is 5.73 Å². The summed E-state index contributed by atoms with van der Waals surface area (Å²) in [5.41, 5.74) is 6.73. The number of nitrogens with two attached hydrogens (primary N) is 1. The molecular weight excluding hydrogens is 227 g/mol. The van der Waals surface area contributed by atoms with Crippen LogP contribution in [0.5, 0.6) is 0 Å². The van der Waals surface area contributed by atoms with Gasteiger partial charge in [-0.15, -0.1) is 12.4 Å². The minimum atomic E-state index is -0.156. The minimum absolute atomic E-state index is 0. The van der Waals surface area contributed by atoms with Gasteiger partial charge in [0.05, 0.1) is 0 Å². The van der Waals surface area contributed by atoms with Gasteiger partial charge >= 0.3 is 0 Å². The lowest BCUT2D eigenvalue weighted by Crippen LogP contribution is -2.34. The molecule has 1 aromatic rings. The summed E-state index contributed by atoms with van der Waals surface area (Å²) < 4.78 is 13.0. The summed E-state index contributed by atoms with van der Waals surface area (Å²) in [5.74, 6) is -0.156. The largest absolute Gasteiger partial charge is 0.329 e. The SMILES string of the molecule is Cl.NCC1CCCN1Cc1cccc(F)c1. The van der Waals surface area contributed by atoms with Crippen molar-refractivity contribution >= 4 is 12.4 Å². The van der Waals surface area contributed by atoms with E-state index < -0.39 is 0 Å². The zero-order valence-electron chi connectivity index (χ0n) is 9.23. The number of halogens is 2. The molecule has 1 saturated heterocycles. The lowest BCUT2D eigenvalue weighted by molar-refractivity contribution is 0.250. The van der Waals surface area contributed by atoms with Crippen molar-refractivity contribution in [2.45, 2.75) is 25.4 Å². The first-order valence-electron chi connectivity index (χ1n) is 5.48. The van der Waals surface area contributed by atoms with Gasteiger partial charge in [-0.1, -0.05) is 12.1 Å². The van der Waals surface area contributed by atoms with Gasteiger partial charge in [0.15, 0.2) is 0 Å². The molecule has 1 unspecified atom stereocenters. The summed E-state index contributed by atoms with van der Waals surface area (Å²) in [5, 5.41) is 0. The molecule has 0 bridgehead atoms. The summed E-state index contributed by atoms with van der Waals surface area (Å²) in [7, 11) is 0. The monoisotopic (exact) mass is 244 g/mol. The Morgan fingerprint density at radius 2 is 2.25 bits per heavy atom. The van der Waals surface area contributed by atoms with Crippen molar-refractivity contribution in [1.82, 2.24) is 4.90 Å². The van der Waals surface area contributed by atoms with E-state index in [4.69, 9.17) is 5.73 Å². The van der Waals surface area contributed by atoms with Crippen molar-refractivity contribution in [2.24, 2.45) is 5.73 Å². The number of benzene rings is 1. The van der Waals surface area contributed by atoms with E-state index >= 15 is 0 Å². The molecule has 1 atom stereocenters. The molecule has 0 spiro atoms. The van der Waals surface area contributed by atoms with Gasteiger partial charge in [-0.25, -0.2) is 4.39 Å². The van der Waals surface area contributed by atoms with Gasteiger partial charge in [0, 0.05) is 19.1 Å². The van der Waals surface area contributed by atoms with Crippen molar-refractivity contribution in [3.05, 3.63) is 35.6 Å². The van der Waals surface area contributed by atoms with E-state index in [1.165, 1.54) is 18.9 Å². The molecular formula is C12H18ClFN2. The summed E-state index contributed by atoms with van der Waals surface area (Å²) in [6, 6.07) is 7.29. The maximum atomic E-state index is 13.0. The van der Waals surface area contributed by atoms with E-state index in [0.29, 0.717) is 12.6 Å². The van der Waals surface area contributed by atoms with Crippen LogP contribution < -0.4 is 5.73 Å². The first-order chi connectivity index (χ1) is 7.29. The second-order valence-electron chi connectivity index (χ2n) is 4.13. The number of rotatable bonds is 3. The molecule has 16 heavy (non-hydrogen) atoms. The smallest absolute Gasteiger partial charge is 0.123 e. The van der Waals surface area contributed by atoms with E-state index in [2.05, 4.69) is 4.90 Å². The molecule has 4 heteroatoms. The molecule has 1 fully saturated rings. The van der Waals surface area contributed by atoms with Crippen LogP contribution in [0.1, 0.15) is 18.4 Å². The summed E-state index contributed by atoms with van der Waals surface area (Å²) in [6.45, 7) is 2.60. The van der Waals surface area contributed by atoms with Gasteiger partial charge in [-0.05, 0) is 37.1 Å². The molecule has 0 saturated carbocycles. The predicted octanol–water partition coefficient (Wildman–Crippen LogP) is 2.17. The third-order valence-corrected chi connectivity index (χ3v) is 3.05.